The van der Waals surface area contributed by atoms with E-state index in [4.69, 9.17) is 0 Å². The molecule has 2 aromatic heterocycles. The summed E-state index contributed by atoms with van der Waals surface area (Å²) >= 11 is 0. The molecule has 0 aliphatic carbocycles. The van der Waals surface area contributed by atoms with Gasteiger partial charge in [-0.1, -0.05) is 6.07 Å². The first-order valence-corrected chi connectivity index (χ1v) is 6.19. The van der Waals surface area contributed by atoms with E-state index in [2.05, 4.69) is 55.3 Å². The summed E-state index contributed by atoms with van der Waals surface area (Å²) in [6.07, 6.45) is 7.60. The van der Waals surface area contributed by atoms with E-state index in [-0.39, 0.29) is 11.1 Å². The third-order valence-electron chi connectivity index (χ3n) is 3.25. The molecule has 0 unspecified atom stereocenters. The Kier molecular flexibility index (Phi) is 2.97. The number of pyridine rings is 1. The first-order chi connectivity index (χ1) is 8.32. The molecule has 0 aliphatic rings. The fraction of sp³-hybridized carbons (Fsp3) is 0.500. The molecule has 0 N–H and O–H groups in total. The third-order valence-corrected chi connectivity index (χ3v) is 3.25. The van der Waals surface area contributed by atoms with E-state index in [1.165, 1.54) is 0 Å². The minimum Gasteiger partial charge on any atom is -0.264 e. The van der Waals surface area contributed by atoms with Crippen LogP contribution in [0.25, 0.3) is 0 Å². The van der Waals surface area contributed by atoms with Crippen molar-refractivity contribution < 1.29 is 4.68 Å². The lowest BCUT2D eigenvalue weighted by atomic mass is 9.96. The summed E-state index contributed by atoms with van der Waals surface area (Å²) in [4.78, 5) is 4.18. The molecule has 18 heavy (non-hydrogen) atoms. The van der Waals surface area contributed by atoms with E-state index in [0.29, 0.717) is 0 Å². The van der Waals surface area contributed by atoms with Crippen molar-refractivity contribution in [3.8, 4) is 0 Å². The smallest absolute Gasteiger partial charge is 0.264 e. The lowest BCUT2D eigenvalue weighted by molar-refractivity contribution is -0.798. The topological polar surface area (TPSA) is 34.6 Å². The van der Waals surface area contributed by atoms with Gasteiger partial charge < -0.3 is 0 Å². The Morgan fingerprint density at radius 1 is 1.17 bits per heavy atom. The van der Waals surface area contributed by atoms with Gasteiger partial charge in [0.05, 0.1) is 0 Å². The number of hydrogen-bond donors (Lipinski definition) is 0. The predicted octanol–water partition coefficient (Wildman–Crippen LogP) is 2.10. The summed E-state index contributed by atoms with van der Waals surface area (Å²) in [5.74, 6) is 0. The summed E-state index contributed by atoms with van der Waals surface area (Å²) in [7, 11) is 0. The molecule has 4 nitrogen and oxygen atoms in total. The molecule has 0 saturated carbocycles. The third kappa shape index (κ3) is 2.28. The van der Waals surface area contributed by atoms with Gasteiger partial charge in [0.25, 0.3) is 6.33 Å². The SMILES string of the molecule is CC(C)(C)n1cn[n+](C(C)(C)c2cccnc2)c1. The molecule has 0 radical (unpaired) electrons. The zero-order valence-electron chi connectivity index (χ0n) is 11.8. The average molecular weight is 245 g/mol. The molecule has 0 aromatic carbocycles. The second-order valence-electron chi connectivity index (χ2n) is 6.07. The molecule has 0 saturated heterocycles. The second-order valence-corrected chi connectivity index (χ2v) is 6.07. The summed E-state index contributed by atoms with van der Waals surface area (Å²) < 4.78 is 4.10. The molecule has 2 aromatic rings. The normalized spacial score (nSPS) is 12.7. The molecule has 0 fully saturated rings. The van der Waals surface area contributed by atoms with Crippen LogP contribution < -0.4 is 4.68 Å². The Morgan fingerprint density at radius 3 is 2.39 bits per heavy atom. The maximum Gasteiger partial charge on any atom is 0.267 e. The van der Waals surface area contributed by atoms with Crippen molar-refractivity contribution in [2.75, 3.05) is 0 Å². The summed E-state index contributed by atoms with van der Waals surface area (Å²) in [6.45, 7) is 10.8. The fourth-order valence-electron chi connectivity index (χ4n) is 1.78. The van der Waals surface area contributed by atoms with Gasteiger partial charge in [-0.25, -0.2) is 4.57 Å². The highest BCUT2D eigenvalue weighted by atomic mass is 15.4. The molecule has 0 bridgehead atoms. The largest absolute Gasteiger partial charge is 0.267 e. The number of hydrogen-bond acceptors (Lipinski definition) is 2. The Labute approximate surface area is 108 Å². The lowest BCUT2D eigenvalue weighted by Crippen LogP contribution is -2.54. The molecule has 2 heterocycles. The van der Waals surface area contributed by atoms with Crippen molar-refractivity contribution >= 4 is 0 Å². The van der Waals surface area contributed by atoms with E-state index in [1.54, 1.807) is 6.20 Å². The molecule has 0 aliphatic heterocycles. The number of aromatic nitrogens is 4. The minimum atomic E-state index is -0.204. The maximum absolute atomic E-state index is 4.48. The first kappa shape index (κ1) is 12.7. The first-order valence-electron chi connectivity index (χ1n) is 6.19. The quantitative estimate of drug-likeness (QED) is 0.759. The standard InChI is InChI=1S/C14H21N4/c1-13(2,3)17-10-16-18(11-17)14(4,5)12-7-6-8-15-9-12/h6-11H,1-5H3/q+1. The van der Waals surface area contributed by atoms with Crippen LogP contribution in [0.2, 0.25) is 0 Å². The summed E-state index contributed by atoms with van der Waals surface area (Å²) in [6, 6.07) is 4.04. The minimum absolute atomic E-state index is 0.0449. The van der Waals surface area contributed by atoms with Gasteiger partial charge in [-0.2, -0.15) is 0 Å². The zero-order valence-corrected chi connectivity index (χ0v) is 11.8. The summed E-state index contributed by atoms with van der Waals surface area (Å²) in [5, 5.41) is 4.48. The molecule has 4 heteroatoms. The van der Waals surface area contributed by atoms with Crippen LogP contribution in [0.15, 0.2) is 37.2 Å². The van der Waals surface area contributed by atoms with Crippen molar-refractivity contribution in [1.29, 1.82) is 0 Å². The van der Waals surface area contributed by atoms with Crippen molar-refractivity contribution in [3.63, 3.8) is 0 Å². The maximum atomic E-state index is 4.48. The van der Waals surface area contributed by atoms with Gasteiger partial charge in [0.1, 0.15) is 5.54 Å². The lowest BCUT2D eigenvalue weighted by Gasteiger charge is -2.19. The second kappa shape index (κ2) is 4.19. The van der Waals surface area contributed by atoms with Gasteiger partial charge >= 0.3 is 0 Å². The Bertz CT molecular complexity index is 520. The molecule has 96 valence electrons. The van der Waals surface area contributed by atoms with E-state index in [9.17, 15) is 0 Å². The van der Waals surface area contributed by atoms with Crippen molar-refractivity contribution in [1.82, 2.24) is 14.6 Å². The van der Waals surface area contributed by atoms with Gasteiger partial charge in [-0.05, 0) is 45.8 Å². The van der Waals surface area contributed by atoms with Crippen LogP contribution in [0.5, 0.6) is 0 Å². The van der Waals surface area contributed by atoms with Gasteiger partial charge in [0, 0.05) is 18.0 Å². The summed E-state index contributed by atoms with van der Waals surface area (Å²) in [5.41, 5.74) is 0.989. The van der Waals surface area contributed by atoms with Crippen LogP contribution in [0.4, 0.5) is 0 Å². The molecular weight excluding hydrogens is 224 g/mol. The monoisotopic (exact) mass is 245 g/mol. The number of nitrogens with zero attached hydrogens (tertiary/aromatic N) is 4. The van der Waals surface area contributed by atoms with E-state index in [1.807, 2.05) is 29.6 Å². The van der Waals surface area contributed by atoms with Crippen molar-refractivity contribution in [2.45, 2.75) is 45.7 Å². The van der Waals surface area contributed by atoms with Crippen LogP contribution >= 0.6 is 0 Å². The van der Waals surface area contributed by atoms with Crippen LogP contribution in [0.3, 0.4) is 0 Å². The molecule has 0 atom stereocenters. The van der Waals surface area contributed by atoms with Crippen molar-refractivity contribution in [3.05, 3.63) is 42.7 Å². The molecular formula is C14H21N4+. The molecule has 2 rings (SSSR count). The fourth-order valence-corrected chi connectivity index (χ4v) is 1.78. The van der Waals surface area contributed by atoms with E-state index >= 15 is 0 Å². The molecule has 0 amide bonds. The zero-order chi connectivity index (χ0) is 13.4. The average Bonchev–Trinajstić information content (AvgIpc) is 2.79. The Balaban J connectivity index is 2.40. The van der Waals surface area contributed by atoms with Crippen LogP contribution in [0, 0.1) is 0 Å². The van der Waals surface area contributed by atoms with E-state index < -0.39 is 0 Å². The Morgan fingerprint density at radius 2 is 1.89 bits per heavy atom. The van der Waals surface area contributed by atoms with Gasteiger partial charge in [-0.15, -0.1) is 4.68 Å². The van der Waals surface area contributed by atoms with Crippen LogP contribution in [-0.4, -0.2) is 14.6 Å². The van der Waals surface area contributed by atoms with Gasteiger partial charge in [0.2, 0.25) is 6.33 Å². The highest BCUT2D eigenvalue weighted by molar-refractivity contribution is 5.15. The van der Waals surface area contributed by atoms with Gasteiger partial charge in [0.15, 0.2) is 5.54 Å². The predicted molar refractivity (Wildman–Crippen MR) is 70.1 cm³/mol. The highest BCUT2D eigenvalue weighted by Gasteiger charge is 2.32. The number of rotatable bonds is 2. The highest BCUT2D eigenvalue weighted by Crippen LogP contribution is 2.18. The van der Waals surface area contributed by atoms with Crippen LogP contribution in [0.1, 0.15) is 40.2 Å². The molecule has 0 spiro atoms. The Hall–Kier alpha value is -1.71. The van der Waals surface area contributed by atoms with Gasteiger partial charge in [-0.3, -0.25) is 4.98 Å². The van der Waals surface area contributed by atoms with E-state index in [0.717, 1.165) is 5.56 Å². The van der Waals surface area contributed by atoms with Crippen molar-refractivity contribution in [2.24, 2.45) is 0 Å². The van der Waals surface area contributed by atoms with Crippen LogP contribution in [-0.2, 0) is 11.1 Å².